The Morgan fingerprint density at radius 3 is 2.74 bits per heavy atom. The third-order valence-corrected chi connectivity index (χ3v) is 3.92. The molecule has 2 amide bonds. The zero-order chi connectivity index (χ0) is 14.2. The monoisotopic (exact) mass is 283 g/mol. The molecule has 0 radical (unpaired) electrons. The second kappa shape index (κ2) is 4.96. The summed E-state index contributed by atoms with van der Waals surface area (Å²) in [6.45, 7) is 1.68. The SMILES string of the molecule is COC(=O)c1sc(NC2CC(=O)N(C)C2=O)nc1C. The first kappa shape index (κ1) is 13.5. The van der Waals surface area contributed by atoms with Crippen LogP contribution in [0, 0.1) is 6.92 Å². The van der Waals surface area contributed by atoms with Crippen molar-refractivity contribution < 1.29 is 19.1 Å². The van der Waals surface area contributed by atoms with E-state index in [2.05, 4.69) is 15.0 Å². The van der Waals surface area contributed by atoms with Crippen molar-refractivity contribution in [2.45, 2.75) is 19.4 Å². The lowest BCUT2D eigenvalue weighted by molar-refractivity contribution is -0.136. The Labute approximate surface area is 113 Å². The Hall–Kier alpha value is -1.96. The molecule has 0 aliphatic carbocycles. The van der Waals surface area contributed by atoms with Crippen LogP contribution in [0.5, 0.6) is 0 Å². The number of hydrogen-bond acceptors (Lipinski definition) is 7. The highest BCUT2D eigenvalue weighted by atomic mass is 32.1. The zero-order valence-electron chi connectivity index (χ0n) is 10.7. The lowest BCUT2D eigenvalue weighted by atomic mass is 10.2. The summed E-state index contributed by atoms with van der Waals surface area (Å²) in [4.78, 5) is 40.2. The minimum atomic E-state index is -0.617. The predicted molar refractivity (Wildman–Crippen MR) is 68.0 cm³/mol. The maximum absolute atomic E-state index is 11.7. The standard InChI is InChI=1S/C11H13N3O4S/c1-5-8(10(17)18-3)19-11(12-5)13-6-4-7(15)14(2)9(6)16/h6H,4H2,1-3H3,(H,12,13). The number of imide groups is 1. The van der Waals surface area contributed by atoms with Gasteiger partial charge in [0.1, 0.15) is 10.9 Å². The smallest absolute Gasteiger partial charge is 0.350 e. The first-order valence-corrected chi connectivity index (χ1v) is 6.38. The Morgan fingerprint density at radius 2 is 2.21 bits per heavy atom. The van der Waals surface area contributed by atoms with E-state index >= 15 is 0 Å². The number of hydrogen-bond donors (Lipinski definition) is 1. The van der Waals surface area contributed by atoms with Gasteiger partial charge < -0.3 is 10.1 Å². The van der Waals surface area contributed by atoms with Crippen LogP contribution >= 0.6 is 11.3 Å². The van der Waals surface area contributed by atoms with Crippen molar-refractivity contribution in [2.24, 2.45) is 0 Å². The number of anilines is 1. The molecule has 0 aromatic carbocycles. The van der Waals surface area contributed by atoms with Gasteiger partial charge in [0.15, 0.2) is 5.13 Å². The summed E-state index contributed by atoms with van der Waals surface area (Å²) in [6, 6.07) is -0.617. The summed E-state index contributed by atoms with van der Waals surface area (Å²) in [5.41, 5.74) is 0.532. The first-order valence-electron chi connectivity index (χ1n) is 5.56. The summed E-state index contributed by atoms with van der Waals surface area (Å²) in [7, 11) is 2.74. The number of carbonyl (C=O) groups is 3. The average molecular weight is 283 g/mol. The summed E-state index contributed by atoms with van der Waals surface area (Å²) in [5.74, 6) is -0.990. The van der Waals surface area contributed by atoms with Crippen molar-refractivity contribution in [3.05, 3.63) is 10.6 Å². The highest BCUT2D eigenvalue weighted by molar-refractivity contribution is 7.17. The van der Waals surface area contributed by atoms with Gasteiger partial charge in [0.25, 0.3) is 5.91 Å². The number of likely N-dealkylation sites (N-methyl/N-ethyl adjacent to an activating group) is 1. The number of thiazole rings is 1. The molecular weight excluding hydrogens is 270 g/mol. The van der Waals surface area contributed by atoms with E-state index in [1.54, 1.807) is 6.92 Å². The number of esters is 1. The molecule has 1 aromatic rings. The Bertz CT molecular complexity index is 554. The maximum atomic E-state index is 11.7. The van der Waals surface area contributed by atoms with Gasteiger partial charge >= 0.3 is 5.97 Å². The quantitative estimate of drug-likeness (QED) is 0.638. The highest BCUT2D eigenvalue weighted by Crippen LogP contribution is 2.25. The molecule has 0 spiro atoms. The summed E-state index contributed by atoms with van der Waals surface area (Å²) >= 11 is 1.10. The van der Waals surface area contributed by atoms with Crippen molar-refractivity contribution in [2.75, 3.05) is 19.5 Å². The van der Waals surface area contributed by atoms with Crippen molar-refractivity contribution in [1.82, 2.24) is 9.88 Å². The number of carbonyl (C=O) groups excluding carboxylic acids is 3. The molecule has 0 saturated carbocycles. The van der Waals surface area contributed by atoms with E-state index in [4.69, 9.17) is 0 Å². The van der Waals surface area contributed by atoms with Crippen LogP contribution in [0.15, 0.2) is 0 Å². The molecule has 2 rings (SSSR count). The number of aromatic nitrogens is 1. The number of nitrogens with one attached hydrogen (secondary N) is 1. The number of ether oxygens (including phenoxy) is 1. The summed E-state index contributed by atoms with van der Waals surface area (Å²) in [6.07, 6.45) is 0.0987. The fourth-order valence-electron chi connectivity index (χ4n) is 1.76. The first-order chi connectivity index (χ1) is 8.93. The Morgan fingerprint density at radius 1 is 1.53 bits per heavy atom. The van der Waals surface area contributed by atoms with Crippen molar-refractivity contribution in [1.29, 1.82) is 0 Å². The van der Waals surface area contributed by atoms with Gasteiger partial charge in [-0.3, -0.25) is 14.5 Å². The fourth-order valence-corrected chi connectivity index (χ4v) is 2.69. The molecule has 1 atom stereocenters. The van der Waals surface area contributed by atoms with E-state index in [-0.39, 0.29) is 18.2 Å². The van der Waals surface area contributed by atoms with Gasteiger partial charge in [-0.05, 0) is 6.92 Å². The summed E-state index contributed by atoms with van der Waals surface area (Å²) in [5, 5.41) is 3.31. The van der Waals surface area contributed by atoms with E-state index in [0.29, 0.717) is 15.7 Å². The van der Waals surface area contributed by atoms with E-state index in [1.807, 2.05) is 0 Å². The molecule has 1 N–H and O–H groups in total. The van der Waals surface area contributed by atoms with Crippen molar-refractivity contribution in [3.8, 4) is 0 Å². The van der Waals surface area contributed by atoms with Gasteiger partial charge in [-0.2, -0.15) is 0 Å². The molecule has 102 valence electrons. The fraction of sp³-hybridized carbons (Fsp3) is 0.455. The van der Waals surface area contributed by atoms with Gasteiger partial charge in [0.2, 0.25) is 5.91 Å². The number of nitrogens with zero attached hydrogens (tertiary/aromatic N) is 2. The second-order valence-electron chi connectivity index (χ2n) is 4.12. The Kier molecular flexibility index (Phi) is 3.52. The Balaban J connectivity index is 2.15. The molecule has 0 bridgehead atoms. The molecule has 1 aromatic heterocycles. The number of likely N-dealkylation sites (tertiary alicyclic amines) is 1. The van der Waals surface area contributed by atoms with Crippen LogP contribution in [-0.4, -0.2) is 47.9 Å². The minimum absolute atomic E-state index is 0.0987. The molecule has 19 heavy (non-hydrogen) atoms. The van der Waals surface area contributed by atoms with Crippen LogP contribution in [-0.2, 0) is 14.3 Å². The van der Waals surface area contributed by atoms with Gasteiger partial charge in [0.05, 0.1) is 19.2 Å². The van der Waals surface area contributed by atoms with Crippen LogP contribution in [0.4, 0.5) is 5.13 Å². The molecular formula is C11H13N3O4S. The molecule has 1 fully saturated rings. The lowest BCUT2D eigenvalue weighted by Gasteiger charge is -2.09. The number of aryl methyl sites for hydroxylation is 1. The van der Waals surface area contributed by atoms with Gasteiger partial charge in [-0.1, -0.05) is 11.3 Å². The third-order valence-electron chi connectivity index (χ3n) is 2.85. The topological polar surface area (TPSA) is 88.6 Å². The van der Waals surface area contributed by atoms with Crippen LogP contribution in [0.25, 0.3) is 0 Å². The van der Waals surface area contributed by atoms with Crippen LogP contribution in [0.3, 0.4) is 0 Å². The maximum Gasteiger partial charge on any atom is 0.350 e. The molecule has 1 aliphatic rings. The molecule has 7 nitrogen and oxygen atoms in total. The van der Waals surface area contributed by atoms with Gasteiger partial charge in [-0.15, -0.1) is 0 Å². The van der Waals surface area contributed by atoms with E-state index < -0.39 is 12.0 Å². The van der Waals surface area contributed by atoms with Crippen LogP contribution < -0.4 is 5.32 Å². The summed E-state index contributed by atoms with van der Waals surface area (Å²) < 4.78 is 4.63. The van der Waals surface area contributed by atoms with Gasteiger partial charge in [-0.25, -0.2) is 9.78 Å². The second-order valence-corrected chi connectivity index (χ2v) is 5.12. The number of methoxy groups -OCH3 is 1. The number of amides is 2. The largest absolute Gasteiger partial charge is 0.465 e. The van der Waals surface area contributed by atoms with E-state index in [0.717, 1.165) is 16.2 Å². The molecule has 8 heteroatoms. The predicted octanol–water partition coefficient (Wildman–Crippen LogP) is 0.407. The van der Waals surface area contributed by atoms with E-state index in [9.17, 15) is 14.4 Å². The molecule has 1 aliphatic heterocycles. The molecule has 1 unspecified atom stereocenters. The third kappa shape index (κ3) is 2.43. The van der Waals surface area contributed by atoms with Crippen molar-refractivity contribution in [3.63, 3.8) is 0 Å². The van der Waals surface area contributed by atoms with E-state index in [1.165, 1.54) is 14.2 Å². The lowest BCUT2D eigenvalue weighted by Crippen LogP contribution is -2.31. The van der Waals surface area contributed by atoms with Gasteiger partial charge in [0, 0.05) is 7.05 Å². The molecule has 2 heterocycles. The molecule has 1 saturated heterocycles. The highest BCUT2D eigenvalue weighted by Gasteiger charge is 2.36. The van der Waals surface area contributed by atoms with Crippen LogP contribution in [0.1, 0.15) is 21.8 Å². The minimum Gasteiger partial charge on any atom is -0.465 e. The zero-order valence-corrected chi connectivity index (χ0v) is 11.5. The van der Waals surface area contributed by atoms with Crippen molar-refractivity contribution >= 4 is 34.3 Å². The number of rotatable bonds is 3. The average Bonchev–Trinajstić information content (AvgIpc) is 2.85. The normalized spacial score (nSPS) is 18.9. The van der Waals surface area contributed by atoms with Crippen LogP contribution in [0.2, 0.25) is 0 Å².